The highest BCUT2D eigenvalue weighted by Crippen LogP contribution is 2.27. The van der Waals surface area contributed by atoms with Gasteiger partial charge in [0.1, 0.15) is 28.8 Å². The van der Waals surface area contributed by atoms with Gasteiger partial charge in [-0.25, -0.2) is 9.78 Å². The van der Waals surface area contributed by atoms with Crippen molar-refractivity contribution in [1.82, 2.24) is 15.3 Å². The number of halogens is 3. The monoisotopic (exact) mass is 506 g/mol. The number of carbonyl (C=O) groups excluding carboxylic acids is 1. The van der Waals surface area contributed by atoms with Crippen LogP contribution < -0.4 is 20.7 Å². The Balaban J connectivity index is 1.59. The number of alkyl halides is 3. The predicted octanol–water partition coefficient (Wildman–Crippen LogP) is 5.11. The van der Waals surface area contributed by atoms with Crippen molar-refractivity contribution in [2.24, 2.45) is 0 Å². The van der Waals surface area contributed by atoms with Crippen LogP contribution in [-0.4, -0.2) is 40.1 Å². The molecule has 1 aliphatic rings. The normalized spacial score (nSPS) is 18.0. The summed E-state index contributed by atoms with van der Waals surface area (Å²) in [7, 11) is 0. The van der Waals surface area contributed by atoms with Gasteiger partial charge in [0.15, 0.2) is 0 Å². The van der Waals surface area contributed by atoms with Crippen molar-refractivity contribution >= 4 is 17.9 Å². The molecule has 0 radical (unpaired) electrons. The Kier molecular flexibility index (Phi) is 8.45. The molecule has 1 aromatic heterocycles. The average Bonchev–Trinajstić information content (AvgIpc) is 2.78. The van der Waals surface area contributed by atoms with E-state index in [1.807, 2.05) is 6.07 Å². The summed E-state index contributed by atoms with van der Waals surface area (Å²) < 4.78 is 47.4. The van der Waals surface area contributed by atoms with E-state index in [0.29, 0.717) is 5.82 Å². The zero-order chi connectivity index (χ0) is 26.3. The number of carbonyl (C=O) groups is 1. The van der Waals surface area contributed by atoms with E-state index in [9.17, 15) is 23.2 Å². The summed E-state index contributed by atoms with van der Waals surface area (Å²) in [5.41, 5.74) is -0.0496. The molecule has 12 heteroatoms. The van der Waals surface area contributed by atoms with Crippen LogP contribution in [0.5, 0.6) is 5.75 Å². The molecule has 1 heterocycles. The smallest absolute Gasteiger partial charge is 0.444 e. The van der Waals surface area contributed by atoms with E-state index in [1.54, 1.807) is 26.8 Å². The van der Waals surface area contributed by atoms with Crippen LogP contribution >= 0.6 is 0 Å². The molecule has 36 heavy (non-hydrogen) atoms. The highest BCUT2D eigenvalue weighted by molar-refractivity contribution is 5.68. The second-order valence-electron chi connectivity index (χ2n) is 9.42. The number of hydrogen-bond donors (Lipinski definition) is 3. The number of para-hydroxylation sites is 1. The zero-order valence-corrected chi connectivity index (χ0v) is 20.3. The molecule has 194 valence electrons. The van der Waals surface area contributed by atoms with Crippen molar-refractivity contribution in [3.8, 4) is 11.8 Å². The van der Waals surface area contributed by atoms with Crippen molar-refractivity contribution in [3.63, 3.8) is 0 Å². The van der Waals surface area contributed by atoms with Gasteiger partial charge in [-0.2, -0.15) is 10.2 Å². The molecule has 0 spiro atoms. The number of anilines is 2. The zero-order valence-electron chi connectivity index (χ0n) is 20.3. The first kappa shape index (κ1) is 26.8. The Morgan fingerprint density at radius 3 is 2.44 bits per heavy atom. The lowest BCUT2D eigenvalue weighted by Crippen LogP contribution is -2.42. The van der Waals surface area contributed by atoms with E-state index in [1.165, 1.54) is 24.4 Å². The Bertz CT molecular complexity index is 1090. The van der Waals surface area contributed by atoms with Gasteiger partial charge in [-0.3, -0.25) is 0 Å². The SMILES string of the molecule is CC(C)(C)OC(=O)N[C@H]1CC[C@H](Nc2nc(NCc3ccccc3OC(F)(F)F)ncc2C#N)CC1. The summed E-state index contributed by atoms with van der Waals surface area (Å²) in [5.74, 6) is 0.165. The molecule has 0 bridgehead atoms. The third-order valence-electron chi connectivity index (χ3n) is 5.33. The molecule has 2 aromatic rings. The summed E-state index contributed by atoms with van der Waals surface area (Å²) in [6.07, 6.45) is -0.971. The molecule has 1 saturated carbocycles. The van der Waals surface area contributed by atoms with Crippen molar-refractivity contribution in [2.75, 3.05) is 10.6 Å². The molecule has 1 aliphatic carbocycles. The number of nitrogens with one attached hydrogen (secondary N) is 3. The van der Waals surface area contributed by atoms with Crippen LogP contribution in [0.15, 0.2) is 30.5 Å². The lowest BCUT2D eigenvalue weighted by molar-refractivity contribution is -0.274. The number of nitrogens with zero attached hydrogens (tertiary/aromatic N) is 3. The van der Waals surface area contributed by atoms with Crippen LogP contribution in [0.3, 0.4) is 0 Å². The highest BCUT2D eigenvalue weighted by atomic mass is 19.4. The van der Waals surface area contributed by atoms with Crippen LogP contribution in [-0.2, 0) is 11.3 Å². The van der Waals surface area contributed by atoms with E-state index in [4.69, 9.17) is 4.74 Å². The van der Waals surface area contributed by atoms with Crippen molar-refractivity contribution in [2.45, 2.75) is 77.0 Å². The molecular formula is C24H29F3N6O3. The summed E-state index contributed by atoms with van der Waals surface area (Å²) in [4.78, 5) is 20.4. The van der Waals surface area contributed by atoms with Gasteiger partial charge in [-0.15, -0.1) is 13.2 Å². The number of benzene rings is 1. The fraction of sp³-hybridized carbons (Fsp3) is 0.500. The molecule has 0 unspecified atom stereocenters. The van der Waals surface area contributed by atoms with Gasteiger partial charge < -0.3 is 25.4 Å². The molecule has 0 atom stereocenters. The first-order valence-electron chi connectivity index (χ1n) is 11.5. The Hall–Kier alpha value is -3.75. The Morgan fingerprint density at radius 2 is 1.81 bits per heavy atom. The number of rotatable bonds is 7. The number of hydrogen-bond acceptors (Lipinski definition) is 8. The van der Waals surface area contributed by atoms with Gasteiger partial charge in [-0.1, -0.05) is 18.2 Å². The molecule has 1 fully saturated rings. The topological polar surface area (TPSA) is 121 Å². The summed E-state index contributed by atoms with van der Waals surface area (Å²) in [5, 5.41) is 18.5. The van der Waals surface area contributed by atoms with Gasteiger partial charge in [0.2, 0.25) is 5.95 Å². The highest BCUT2D eigenvalue weighted by Gasteiger charge is 2.32. The van der Waals surface area contributed by atoms with Gasteiger partial charge in [0, 0.05) is 24.2 Å². The minimum Gasteiger partial charge on any atom is -0.444 e. The standard InChI is InChI=1S/C24H29F3N6O3/c1-23(2,3)36-22(34)32-18-10-8-17(9-11-18)31-20-16(12-28)14-30-21(33-20)29-13-15-6-4-5-7-19(15)35-24(25,26)27/h4-7,14,17-18H,8-11,13H2,1-3H3,(H,32,34)(H2,29,30,31,33)/t17-,18-. The molecule has 9 nitrogen and oxygen atoms in total. The van der Waals surface area contributed by atoms with Crippen LogP contribution in [0.25, 0.3) is 0 Å². The van der Waals surface area contributed by atoms with Crippen LogP contribution in [0.1, 0.15) is 57.6 Å². The average molecular weight is 507 g/mol. The van der Waals surface area contributed by atoms with Gasteiger partial charge in [0.25, 0.3) is 0 Å². The van der Waals surface area contributed by atoms with E-state index < -0.39 is 18.1 Å². The van der Waals surface area contributed by atoms with Crippen LogP contribution in [0, 0.1) is 11.3 Å². The molecule has 3 rings (SSSR count). The van der Waals surface area contributed by atoms with Crippen LogP contribution in [0.4, 0.5) is 29.7 Å². The van der Waals surface area contributed by atoms with E-state index in [0.717, 1.165) is 25.7 Å². The number of aromatic nitrogens is 2. The van der Waals surface area contributed by atoms with E-state index in [2.05, 4.69) is 30.7 Å². The molecule has 0 aliphatic heterocycles. The summed E-state index contributed by atoms with van der Waals surface area (Å²) >= 11 is 0. The summed E-state index contributed by atoms with van der Waals surface area (Å²) in [6.45, 7) is 5.40. The minimum atomic E-state index is -4.81. The second-order valence-corrected chi connectivity index (χ2v) is 9.42. The third kappa shape index (κ3) is 8.48. The number of alkyl carbamates (subject to hydrolysis) is 1. The van der Waals surface area contributed by atoms with Gasteiger partial charge in [-0.05, 0) is 52.5 Å². The van der Waals surface area contributed by atoms with Crippen molar-refractivity contribution < 1.29 is 27.4 Å². The predicted molar refractivity (Wildman–Crippen MR) is 126 cm³/mol. The number of ether oxygens (including phenoxy) is 2. The molecule has 0 saturated heterocycles. The van der Waals surface area contributed by atoms with Gasteiger partial charge in [0.05, 0.1) is 6.20 Å². The minimum absolute atomic E-state index is 0.00468. The largest absolute Gasteiger partial charge is 0.573 e. The molecule has 1 amide bonds. The first-order chi connectivity index (χ1) is 16.9. The van der Waals surface area contributed by atoms with E-state index >= 15 is 0 Å². The van der Waals surface area contributed by atoms with Crippen LogP contribution in [0.2, 0.25) is 0 Å². The maximum Gasteiger partial charge on any atom is 0.573 e. The van der Waals surface area contributed by atoms with Gasteiger partial charge >= 0.3 is 12.5 Å². The molecular weight excluding hydrogens is 477 g/mol. The maximum absolute atomic E-state index is 12.7. The Labute approximate surface area is 207 Å². The Morgan fingerprint density at radius 1 is 1.14 bits per heavy atom. The lowest BCUT2D eigenvalue weighted by Gasteiger charge is -2.31. The fourth-order valence-electron chi connectivity index (χ4n) is 3.76. The number of amides is 1. The third-order valence-corrected chi connectivity index (χ3v) is 5.33. The summed E-state index contributed by atoms with van der Waals surface area (Å²) in [6, 6.07) is 7.84. The van der Waals surface area contributed by atoms with Crippen molar-refractivity contribution in [1.29, 1.82) is 5.26 Å². The molecule has 3 N–H and O–H groups in total. The first-order valence-corrected chi connectivity index (χ1v) is 11.5. The van der Waals surface area contributed by atoms with Crippen molar-refractivity contribution in [3.05, 3.63) is 41.6 Å². The second kappa shape index (κ2) is 11.3. The maximum atomic E-state index is 12.7. The fourth-order valence-corrected chi connectivity index (χ4v) is 3.76. The quantitative estimate of drug-likeness (QED) is 0.474. The lowest BCUT2D eigenvalue weighted by atomic mass is 9.91. The van der Waals surface area contributed by atoms with E-state index in [-0.39, 0.29) is 41.5 Å². The number of nitriles is 1. The molecule has 1 aromatic carbocycles.